The van der Waals surface area contributed by atoms with Crippen LogP contribution in [0, 0.1) is 0 Å². The normalized spacial score (nSPS) is 16.8. The molecule has 3 aliphatic rings. The van der Waals surface area contributed by atoms with E-state index < -0.39 is 5.41 Å². The highest BCUT2D eigenvalue weighted by molar-refractivity contribution is 6.07. The topological polar surface area (TPSA) is 0 Å². The van der Waals surface area contributed by atoms with E-state index in [4.69, 9.17) is 0 Å². The van der Waals surface area contributed by atoms with Crippen LogP contribution in [0.5, 0.6) is 0 Å². The van der Waals surface area contributed by atoms with Crippen molar-refractivity contribution in [3.63, 3.8) is 0 Å². The fourth-order valence-corrected chi connectivity index (χ4v) is 11.0. The van der Waals surface area contributed by atoms with E-state index in [9.17, 15) is 0 Å². The highest BCUT2D eigenvalue weighted by Crippen LogP contribution is 2.59. The highest BCUT2D eigenvalue weighted by atomic mass is 14.5. The van der Waals surface area contributed by atoms with Crippen molar-refractivity contribution in [2.45, 2.75) is 17.3 Å². The van der Waals surface area contributed by atoms with Crippen molar-refractivity contribution < 1.29 is 0 Å². The Bertz CT molecular complexity index is 3030. The van der Waals surface area contributed by atoms with E-state index in [1.54, 1.807) is 0 Å². The zero-order valence-electron chi connectivity index (χ0n) is 31.4. The van der Waals surface area contributed by atoms with E-state index in [0.717, 1.165) is 0 Å². The number of hydrogen-bond acceptors (Lipinski definition) is 0. The molecule has 12 rings (SSSR count). The summed E-state index contributed by atoms with van der Waals surface area (Å²) in [5.41, 5.74) is 18.2. The van der Waals surface area contributed by atoms with Gasteiger partial charge in [0, 0.05) is 11.8 Å². The van der Waals surface area contributed by atoms with Crippen LogP contribution in [-0.4, -0.2) is 0 Å². The number of benzene rings is 9. The number of hydrogen-bond donors (Lipinski definition) is 0. The van der Waals surface area contributed by atoms with Crippen LogP contribution in [0.4, 0.5) is 0 Å². The van der Waals surface area contributed by atoms with Gasteiger partial charge in [0.15, 0.2) is 0 Å². The second-order valence-corrected chi connectivity index (χ2v) is 15.8. The molecule has 0 fully saturated rings. The third kappa shape index (κ3) is 4.50. The van der Waals surface area contributed by atoms with E-state index in [1.165, 1.54) is 99.1 Å². The molecule has 0 spiro atoms. The SMILES string of the molecule is c1ccc(C2=c3ccccc3=C(c3ccccc3)C3c4ccc(-c5ccc6c(c5)C(c5ccccc5)(c5ccccc5)c5ccccc5-6)c5cccc(c45)C23)cc1. The lowest BCUT2D eigenvalue weighted by molar-refractivity contribution is 0.769. The molecule has 9 aromatic rings. The molecule has 0 heterocycles. The van der Waals surface area contributed by atoms with Crippen LogP contribution >= 0.6 is 0 Å². The van der Waals surface area contributed by atoms with Crippen LogP contribution in [0.3, 0.4) is 0 Å². The molecule has 57 heavy (non-hydrogen) atoms. The molecule has 3 aliphatic carbocycles. The zero-order valence-corrected chi connectivity index (χ0v) is 31.4. The number of fused-ring (bicyclic) bond motifs is 7. The number of rotatable bonds is 5. The largest absolute Gasteiger partial charge is 0.0713 e. The smallest absolute Gasteiger partial charge is 0.0622 e. The summed E-state index contributed by atoms with van der Waals surface area (Å²) in [7, 11) is 0. The fraction of sp³-hybridized carbons (Fsp3) is 0.0526. The van der Waals surface area contributed by atoms with Gasteiger partial charge in [-0.1, -0.05) is 212 Å². The molecule has 0 saturated heterocycles. The molecular weight excluding hydrogens is 685 g/mol. The second kappa shape index (κ2) is 12.5. The molecular formula is C57H38. The second-order valence-electron chi connectivity index (χ2n) is 15.8. The molecule has 0 nitrogen and oxygen atoms in total. The minimum atomic E-state index is -0.445. The molecule has 2 unspecified atom stereocenters. The van der Waals surface area contributed by atoms with Crippen molar-refractivity contribution in [1.82, 2.24) is 0 Å². The lowest BCUT2D eigenvalue weighted by Gasteiger charge is -2.34. The summed E-state index contributed by atoms with van der Waals surface area (Å²) in [6.07, 6.45) is 0. The Kier molecular flexibility index (Phi) is 7.07. The lowest BCUT2D eigenvalue weighted by atomic mass is 9.67. The fourth-order valence-electron chi connectivity index (χ4n) is 11.0. The minimum Gasteiger partial charge on any atom is -0.0622 e. The third-order valence-corrected chi connectivity index (χ3v) is 13.2. The molecule has 0 radical (unpaired) electrons. The summed E-state index contributed by atoms with van der Waals surface area (Å²) < 4.78 is 0. The maximum Gasteiger partial charge on any atom is 0.0713 e. The highest BCUT2D eigenvalue weighted by Gasteiger charge is 2.46. The van der Waals surface area contributed by atoms with Gasteiger partial charge < -0.3 is 0 Å². The molecule has 266 valence electrons. The van der Waals surface area contributed by atoms with Crippen LogP contribution in [0.1, 0.15) is 56.3 Å². The van der Waals surface area contributed by atoms with Gasteiger partial charge >= 0.3 is 0 Å². The van der Waals surface area contributed by atoms with Crippen LogP contribution in [0.25, 0.3) is 44.2 Å². The summed E-state index contributed by atoms with van der Waals surface area (Å²) in [4.78, 5) is 0. The van der Waals surface area contributed by atoms with Crippen LogP contribution in [0.15, 0.2) is 218 Å². The van der Waals surface area contributed by atoms with E-state index in [2.05, 4.69) is 218 Å². The van der Waals surface area contributed by atoms with Gasteiger partial charge in [-0.2, -0.15) is 0 Å². The predicted molar refractivity (Wildman–Crippen MR) is 236 cm³/mol. The Balaban J connectivity index is 1.13. The van der Waals surface area contributed by atoms with Crippen LogP contribution < -0.4 is 10.4 Å². The van der Waals surface area contributed by atoms with Crippen LogP contribution in [0.2, 0.25) is 0 Å². The summed E-state index contributed by atoms with van der Waals surface area (Å²) in [6, 6.07) is 81.9. The maximum atomic E-state index is 2.51. The molecule has 0 N–H and O–H groups in total. The minimum absolute atomic E-state index is 0.185. The molecule has 0 heteroatoms. The first-order chi connectivity index (χ1) is 28.3. The van der Waals surface area contributed by atoms with Crippen molar-refractivity contribution >= 4 is 21.9 Å². The Morgan fingerprint density at radius 3 is 1.42 bits per heavy atom. The first-order valence-electron chi connectivity index (χ1n) is 20.2. The van der Waals surface area contributed by atoms with Gasteiger partial charge in [-0.05, 0) is 105 Å². The quantitative estimate of drug-likeness (QED) is 0.166. The van der Waals surface area contributed by atoms with Crippen molar-refractivity contribution in [3.05, 3.63) is 273 Å². The third-order valence-electron chi connectivity index (χ3n) is 13.2. The molecule has 2 atom stereocenters. The first-order valence-corrected chi connectivity index (χ1v) is 20.2. The monoisotopic (exact) mass is 722 g/mol. The molecule has 0 saturated carbocycles. The molecule has 9 aromatic carbocycles. The Hall–Kier alpha value is -7.02. The average Bonchev–Trinajstić information content (AvgIpc) is 3.78. The molecule has 0 aliphatic heterocycles. The standard InChI is InChI=1S/C57H38/c1-5-18-37(19-6-1)52-46-27-13-14-28-47(46)53(38-20-7-2-8-21-38)56-49-35-34-42(45-29-17-30-48(54(45)49)55(52)56)39-32-33-44-43-26-15-16-31-50(43)57(51(44)36-39,40-22-9-3-10-23-40)41-24-11-4-12-25-41/h1-36,55-56H. The first kappa shape index (κ1) is 32.2. The van der Waals surface area contributed by atoms with Crippen LogP contribution in [-0.2, 0) is 5.41 Å². The van der Waals surface area contributed by atoms with Gasteiger partial charge in [0.1, 0.15) is 0 Å². The molecule has 0 bridgehead atoms. The van der Waals surface area contributed by atoms with Gasteiger partial charge in [0.2, 0.25) is 0 Å². The summed E-state index contributed by atoms with van der Waals surface area (Å²) in [5, 5.41) is 5.40. The van der Waals surface area contributed by atoms with E-state index >= 15 is 0 Å². The Morgan fingerprint density at radius 2 is 0.807 bits per heavy atom. The van der Waals surface area contributed by atoms with Gasteiger partial charge in [-0.25, -0.2) is 0 Å². The Labute approximate surface area is 333 Å². The van der Waals surface area contributed by atoms with E-state index in [1.807, 2.05) is 0 Å². The van der Waals surface area contributed by atoms with Crippen molar-refractivity contribution in [1.29, 1.82) is 0 Å². The zero-order chi connectivity index (χ0) is 37.5. The summed E-state index contributed by atoms with van der Waals surface area (Å²) in [6.45, 7) is 0. The summed E-state index contributed by atoms with van der Waals surface area (Å²) >= 11 is 0. The predicted octanol–water partition coefficient (Wildman–Crippen LogP) is 12.2. The van der Waals surface area contributed by atoms with Crippen molar-refractivity contribution in [2.75, 3.05) is 0 Å². The van der Waals surface area contributed by atoms with E-state index in [-0.39, 0.29) is 11.8 Å². The lowest BCUT2D eigenvalue weighted by Crippen LogP contribution is -2.38. The maximum absolute atomic E-state index is 2.51. The summed E-state index contributed by atoms with van der Waals surface area (Å²) in [5.74, 6) is 0.370. The van der Waals surface area contributed by atoms with E-state index in [0.29, 0.717) is 0 Å². The van der Waals surface area contributed by atoms with Gasteiger partial charge in [-0.3, -0.25) is 0 Å². The van der Waals surface area contributed by atoms with Gasteiger partial charge in [0.05, 0.1) is 5.41 Å². The van der Waals surface area contributed by atoms with Gasteiger partial charge in [-0.15, -0.1) is 0 Å². The molecule has 0 amide bonds. The Morgan fingerprint density at radius 1 is 0.316 bits per heavy atom. The van der Waals surface area contributed by atoms with Crippen molar-refractivity contribution in [2.24, 2.45) is 0 Å². The average molecular weight is 723 g/mol. The molecule has 0 aromatic heterocycles. The van der Waals surface area contributed by atoms with Gasteiger partial charge in [0.25, 0.3) is 0 Å². The van der Waals surface area contributed by atoms with Crippen molar-refractivity contribution in [3.8, 4) is 22.3 Å².